The van der Waals surface area contributed by atoms with Crippen molar-refractivity contribution in [3.8, 4) is 0 Å². The number of anilines is 1. The number of amides is 1. The second-order valence-corrected chi connectivity index (χ2v) is 7.17. The minimum atomic E-state index is 0.144. The molecule has 0 fully saturated rings. The van der Waals surface area contributed by atoms with E-state index < -0.39 is 0 Å². The fraction of sp³-hybridized carbons (Fsp3) is 0.500. The molecule has 1 atom stereocenters. The number of benzene rings is 1. The third-order valence-corrected chi connectivity index (χ3v) is 4.81. The topological polar surface area (TPSA) is 50.2 Å². The van der Waals surface area contributed by atoms with Crippen LogP contribution in [0, 0.1) is 20.8 Å². The molecule has 5 nitrogen and oxygen atoms in total. The molecule has 134 valence electrons. The molecule has 0 saturated heterocycles. The fourth-order valence-electron chi connectivity index (χ4n) is 3.53. The first kappa shape index (κ1) is 17.7. The molecule has 5 heteroatoms. The Balaban J connectivity index is 1.59. The first-order valence-electron chi connectivity index (χ1n) is 9.08. The van der Waals surface area contributed by atoms with E-state index in [4.69, 9.17) is 0 Å². The first-order valence-corrected chi connectivity index (χ1v) is 9.08. The van der Waals surface area contributed by atoms with Crippen molar-refractivity contribution in [3.63, 3.8) is 0 Å². The Morgan fingerprint density at radius 1 is 1.28 bits per heavy atom. The van der Waals surface area contributed by atoms with Crippen LogP contribution in [-0.4, -0.2) is 34.8 Å². The first-order chi connectivity index (χ1) is 11.9. The van der Waals surface area contributed by atoms with Gasteiger partial charge in [-0.3, -0.25) is 9.48 Å². The summed E-state index contributed by atoms with van der Waals surface area (Å²) in [7, 11) is 0. The van der Waals surface area contributed by atoms with Gasteiger partial charge in [0.05, 0.1) is 18.8 Å². The standard InChI is InChI=1S/C20H28N4O/c1-14-7-8-19-18(10-14)6-5-9-23(19)20(25)12-21-16(3)13-24-17(4)11-15(2)22-24/h7-8,10-11,16,21H,5-6,9,12-13H2,1-4H3. The van der Waals surface area contributed by atoms with Crippen molar-refractivity contribution in [2.75, 3.05) is 18.0 Å². The number of carbonyl (C=O) groups excluding carboxylic acids is 1. The minimum Gasteiger partial charge on any atom is -0.311 e. The van der Waals surface area contributed by atoms with Gasteiger partial charge in [-0.05, 0) is 58.2 Å². The van der Waals surface area contributed by atoms with Crippen LogP contribution in [0.25, 0.3) is 0 Å². The van der Waals surface area contributed by atoms with Gasteiger partial charge in [-0.25, -0.2) is 0 Å². The summed E-state index contributed by atoms with van der Waals surface area (Å²) in [6, 6.07) is 8.63. The van der Waals surface area contributed by atoms with E-state index in [0.29, 0.717) is 6.54 Å². The number of aryl methyl sites for hydroxylation is 4. The summed E-state index contributed by atoms with van der Waals surface area (Å²) in [4.78, 5) is 14.6. The van der Waals surface area contributed by atoms with Crippen LogP contribution in [-0.2, 0) is 17.8 Å². The predicted octanol–water partition coefficient (Wildman–Crippen LogP) is 2.77. The van der Waals surface area contributed by atoms with Crippen molar-refractivity contribution in [1.29, 1.82) is 0 Å². The van der Waals surface area contributed by atoms with E-state index in [1.165, 1.54) is 11.1 Å². The van der Waals surface area contributed by atoms with Gasteiger partial charge in [0, 0.05) is 24.0 Å². The second kappa shape index (κ2) is 7.40. The monoisotopic (exact) mass is 340 g/mol. The maximum Gasteiger partial charge on any atom is 0.240 e. The number of rotatable bonds is 5. The number of carbonyl (C=O) groups is 1. The van der Waals surface area contributed by atoms with Crippen molar-refractivity contribution in [2.45, 2.75) is 53.1 Å². The molecule has 2 aromatic rings. The Labute approximate surface area is 150 Å². The lowest BCUT2D eigenvalue weighted by Gasteiger charge is -2.30. The molecule has 1 unspecified atom stereocenters. The Kier molecular flexibility index (Phi) is 5.23. The second-order valence-electron chi connectivity index (χ2n) is 7.17. The Morgan fingerprint density at radius 2 is 2.08 bits per heavy atom. The van der Waals surface area contributed by atoms with Crippen LogP contribution in [0.1, 0.15) is 35.9 Å². The number of hydrogen-bond donors (Lipinski definition) is 1. The molecule has 3 rings (SSSR count). The van der Waals surface area contributed by atoms with Crippen LogP contribution >= 0.6 is 0 Å². The van der Waals surface area contributed by atoms with Crippen LogP contribution in [0.5, 0.6) is 0 Å². The molecule has 1 amide bonds. The molecule has 1 aliphatic rings. The van der Waals surface area contributed by atoms with Gasteiger partial charge in [-0.15, -0.1) is 0 Å². The highest BCUT2D eigenvalue weighted by Gasteiger charge is 2.22. The number of nitrogens with zero attached hydrogens (tertiary/aromatic N) is 3. The van der Waals surface area contributed by atoms with Gasteiger partial charge in [-0.1, -0.05) is 17.7 Å². The lowest BCUT2D eigenvalue weighted by molar-refractivity contribution is -0.118. The summed E-state index contributed by atoms with van der Waals surface area (Å²) in [6.07, 6.45) is 2.09. The Morgan fingerprint density at radius 3 is 2.80 bits per heavy atom. The number of aromatic nitrogens is 2. The van der Waals surface area contributed by atoms with Crippen LogP contribution in [0.4, 0.5) is 5.69 Å². The maximum absolute atomic E-state index is 12.7. The van der Waals surface area contributed by atoms with E-state index >= 15 is 0 Å². The highest BCUT2D eigenvalue weighted by atomic mass is 16.2. The van der Waals surface area contributed by atoms with Crippen LogP contribution in [0.3, 0.4) is 0 Å². The number of nitrogens with one attached hydrogen (secondary N) is 1. The van der Waals surface area contributed by atoms with Gasteiger partial charge < -0.3 is 10.2 Å². The molecular weight excluding hydrogens is 312 g/mol. The molecule has 1 aliphatic heterocycles. The smallest absolute Gasteiger partial charge is 0.240 e. The molecule has 0 saturated carbocycles. The molecule has 1 aromatic carbocycles. The number of fused-ring (bicyclic) bond motifs is 1. The Hall–Kier alpha value is -2.14. The minimum absolute atomic E-state index is 0.144. The summed E-state index contributed by atoms with van der Waals surface area (Å²) >= 11 is 0. The average molecular weight is 340 g/mol. The molecular formula is C20H28N4O. The Bertz CT molecular complexity index is 765. The van der Waals surface area contributed by atoms with Crippen LogP contribution in [0.15, 0.2) is 24.3 Å². The van der Waals surface area contributed by atoms with Gasteiger partial charge >= 0.3 is 0 Å². The number of hydrogen-bond acceptors (Lipinski definition) is 3. The van der Waals surface area contributed by atoms with Gasteiger partial charge in [0.15, 0.2) is 0 Å². The largest absolute Gasteiger partial charge is 0.311 e. The summed E-state index contributed by atoms with van der Waals surface area (Å²) in [5, 5.41) is 7.84. The van der Waals surface area contributed by atoms with Crippen LogP contribution < -0.4 is 10.2 Å². The summed E-state index contributed by atoms with van der Waals surface area (Å²) in [5.74, 6) is 0.144. The predicted molar refractivity (Wildman–Crippen MR) is 101 cm³/mol. The van der Waals surface area contributed by atoms with E-state index in [9.17, 15) is 4.79 Å². The highest BCUT2D eigenvalue weighted by Crippen LogP contribution is 2.27. The SMILES string of the molecule is Cc1ccc2c(c1)CCCN2C(=O)CNC(C)Cn1nc(C)cc1C. The normalized spacial score (nSPS) is 15.1. The quantitative estimate of drug-likeness (QED) is 0.910. The van der Waals surface area contributed by atoms with Gasteiger partial charge in [0.2, 0.25) is 5.91 Å². The fourth-order valence-corrected chi connectivity index (χ4v) is 3.53. The van der Waals surface area contributed by atoms with E-state index in [1.54, 1.807) is 0 Å². The zero-order chi connectivity index (χ0) is 18.0. The molecule has 0 aliphatic carbocycles. The maximum atomic E-state index is 12.7. The van der Waals surface area contributed by atoms with Gasteiger partial charge in [0.1, 0.15) is 0 Å². The van der Waals surface area contributed by atoms with Gasteiger partial charge in [0.25, 0.3) is 0 Å². The highest BCUT2D eigenvalue weighted by molar-refractivity contribution is 5.96. The molecule has 0 spiro atoms. The van der Waals surface area contributed by atoms with E-state index in [-0.39, 0.29) is 11.9 Å². The van der Waals surface area contributed by atoms with Crippen molar-refractivity contribution in [2.24, 2.45) is 0 Å². The van der Waals surface area contributed by atoms with Crippen molar-refractivity contribution >= 4 is 11.6 Å². The zero-order valence-corrected chi connectivity index (χ0v) is 15.7. The zero-order valence-electron chi connectivity index (χ0n) is 15.7. The molecule has 0 radical (unpaired) electrons. The van der Waals surface area contributed by atoms with E-state index in [1.807, 2.05) is 16.5 Å². The lowest BCUT2D eigenvalue weighted by Crippen LogP contribution is -2.44. The summed E-state index contributed by atoms with van der Waals surface area (Å²) < 4.78 is 2.00. The van der Waals surface area contributed by atoms with E-state index in [2.05, 4.69) is 55.5 Å². The molecule has 1 aromatic heterocycles. The lowest BCUT2D eigenvalue weighted by atomic mass is 9.99. The molecule has 0 bridgehead atoms. The third kappa shape index (κ3) is 4.10. The van der Waals surface area contributed by atoms with Crippen molar-refractivity contribution in [3.05, 3.63) is 46.8 Å². The average Bonchev–Trinajstić information content (AvgIpc) is 2.89. The van der Waals surface area contributed by atoms with Crippen molar-refractivity contribution < 1.29 is 4.79 Å². The summed E-state index contributed by atoms with van der Waals surface area (Å²) in [6.45, 7) is 10.2. The van der Waals surface area contributed by atoms with Crippen molar-refractivity contribution in [1.82, 2.24) is 15.1 Å². The van der Waals surface area contributed by atoms with E-state index in [0.717, 1.165) is 43.0 Å². The molecule has 1 N–H and O–H groups in total. The van der Waals surface area contributed by atoms with Gasteiger partial charge in [-0.2, -0.15) is 5.10 Å². The molecule has 25 heavy (non-hydrogen) atoms. The van der Waals surface area contributed by atoms with Crippen LogP contribution in [0.2, 0.25) is 0 Å². The summed E-state index contributed by atoms with van der Waals surface area (Å²) in [5.41, 5.74) is 5.80. The third-order valence-electron chi connectivity index (χ3n) is 4.81. The molecule has 2 heterocycles.